The van der Waals surface area contributed by atoms with Crippen LogP contribution >= 0.6 is 23.7 Å². The largest absolute Gasteiger partial charge is 0.493 e. The molecule has 34 heavy (non-hydrogen) atoms. The molecule has 0 unspecified atom stereocenters. The third kappa shape index (κ3) is 6.94. The van der Waals surface area contributed by atoms with Crippen LogP contribution in [0.5, 0.6) is 11.5 Å². The van der Waals surface area contributed by atoms with Crippen LogP contribution in [0.2, 0.25) is 0 Å². The van der Waals surface area contributed by atoms with Gasteiger partial charge in [-0.05, 0) is 43.3 Å². The summed E-state index contributed by atoms with van der Waals surface area (Å²) in [6, 6.07) is 9.65. The number of hydrogen-bond acceptors (Lipinski definition) is 8. The van der Waals surface area contributed by atoms with Gasteiger partial charge in [0.1, 0.15) is 5.69 Å². The Kier molecular flexibility index (Phi) is 9.73. The number of nitrogens with zero attached hydrogens (tertiary/aromatic N) is 3. The summed E-state index contributed by atoms with van der Waals surface area (Å²) in [5, 5.41) is 0.292. The first kappa shape index (κ1) is 26.0. The molecule has 0 bridgehead atoms. The second-order valence-corrected chi connectivity index (χ2v) is 9.26. The van der Waals surface area contributed by atoms with Gasteiger partial charge >= 0.3 is 0 Å². The molecule has 0 aliphatic carbocycles. The highest BCUT2D eigenvalue weighted by Gasteiger charge is 2.15. The van der Waals surface area contributed by atoms with Crippen molar-refractivity contribution in [2.75, 3.05) is 32.8 Å². The number of ether oxygens (including phenoxy) is 2. The van der Waals surface area contributed by atoms with Crippen LogP contribution in [0.25, 0.3) is 11.3 Å². The number of rotatable bonds is 12. The zero-order valence-electron chi connectivity index (χ0n) is 19.1. The van der Waals surface area contributed by atoms with Crippen molar-refractivity contribution in [1.29, 1.82) is 0 Å². The first-order valence-electron chi connectivity index (χ1n) is 10.5. The summed E-state index contributed by atoms with van der Waals surface area (Å²) in [7, 11) is 4.94. The van der Waals surface area contributed by atoms with E-state index >= 15 is 0 Å². The Morgan fingerprint density at radius 3 is 2.56 bits per heavy atom. The minimum Gasteiger partial charge on any atom is -0.493 e. The summed E-state index contributed by atoms with van der Waals surface area (Å²) in [6.07, 6.45) is -0.225. The molecule has 0 aliphatic rings. The van der Waals surface area contributed by atoms with Gasteiger partial charge in [0.05, 0.1) is 26.5 Å². The Morgan fingerprint density at radius 1 is 1.06 bits per heavy atom. The number of thioether (sulfide) groups is 1. The Hall–Kier alpha value is -2.63. The van der Waals surface area contributed by atoms with E-state index in [9.17, 15) is 13.6 Å². The Bertz CT molecular complexity index is 1160. The van der Waals surface area contributed by atoms with Gasteiger partial charge < -0.3 is 14.0 Å². The van der Waals surface area contributed by atoms with Gasteiger partial charge in [-0.1, -0.05) is 29.8 Å². The molecule has 0 spiro atoms. The van der Waals surface area contributed by atoms with Crippen molar-refractivity contribution < 1.29 is 18.3 Å². The number of nitrogens with one attached hydrogen (secondary N) is 1. The van der Waals surface area contributed by atoms with E-state index in [4.69, 9.17) is 9.47 Å². The maximum absolute atomic E-state index is 13.5. The van der Waals surface area contributed by atoms with E-state index in [2.05, 4.69) is 14.7 Å². The van der Waals surface area contributed by atoms with Gasteiger partial charge in [0.25, 0.3) is 12.0 Å². The van der Waals surface area contributed by atoms with Crippen molar-refractivity contribution in [3.05, 3.63) is 64.2 Å². The van der Waals surface area contributed by atoms with Gasteiger partial charge in [-0.15, -0.1) is 0 Å². The molecule has 1 aromatic carbocycles. The van der Waals surface area contributed by atoms with Crippen LogP contribution in [0.1, 0.15) is 24.1 Å². The van der Waals surface area contributed by atoms with Gasteiger partial charge in [-0.2, -0.15) is 0 Å². The maximum atomic E-state index is 13.5. The molecule has 0 saturated carbocycles. The fourth-order valence-electron chi connectivity index (χ4n) is 3.15. The summed E-state index contributed by atoms with van der Waals surface area (Å²) in [5.41, 5.74) is 1.16. The first-order valence-corrected chi connectivity index (χ1v) is 12.4. The van der Waals surface area contributed by atoms with Crippen LogP contribution in [-0.2, 0) is 6.54 Å². The topological polar surface area (TPSA) is 78.3 Å². The van der Waals surface area contributed by atoms with Gasteiger partial charge in [0, 0.05) is 29.3 Å². The average molecular weight is 509 g/mol. The SMILES string of the molecule is CNSCCCSc1nc(-c2ccc(=O)n(Cc3ccc(OC)c(OC)c3)c2)cc(C(F)F)n1. The maximum Gasteiger partial charge on any atom is 0.280 e. The molecule has 0 fully saturated rings. The number of aromatic nitrogens is 3. The molecule has 0 aliphatic heterocycles. The molecule has 1 N–H and O–H groups in total. The summed E-state index contributed by atoms with van der Waals surface area (Å²) in [6.45, 7) is 0.268. The van der Waals surface area contributed by atoms with Crippen LogP contribution < -0.4 is 19.8 Å². The third-order valence-corrected chi connectivity index (χ3v) is 6.51. The molecule has 0 radical (unpaired) electrons. The highest BCUT2D eigenvalue weighted by Crippen LogP contribution is 2.29. The number of benzene rings is 1. The highest BCUT2D eigenvalue weighted by molar-refractivity contribution is 7.99. The molecule has 0 saturated heterocycles. The molecular formula is C23H26F2N4O3S2. The summed E-state index contributed by atoms with van der Waals surface area (Å²) in [5.74, 6) is 2.74. The molecule has 0 atom stereocenters. The number of halogens is 2. The van der Waals surface area contributed by atoms with Gasteiger partial charge in [-0.25, -0.2) is 18.7 Å². The predicted molar refractivity (Wildman–Crippen MR) is 132 cm³/mol. The number of pyridine rings is 1. The van der Waals surface area contributed by atoms with Crippen molar-refractivity contribution in [2.45, 2.75) is 24.5 Å². The lowest BCUT2D eigenvalue weighted by atomic mass is 10.1. The smallest absolute Gasteiger partial charge is 0.280 e. The predicted octanol–water partition coefficient (Wildman–Crippen LogP) is 4.66. The monoisotopic (exact) mass is 508 g/mol. The number of hydrogen-bond donors (Lipinski definition) is 1. The lowest BCUT2D eigenvalue weighted by molar-refractivity contribution is 0.145. The summed E-state index contributed by atoms with van der Waals surface area (Å²) in [4.78, 5) is 21.0. The molecule has 2 heterocycles. The minimum absolute atomic E-state index is 0.224. The number of alkyl halides is 2. The van der Waals surface area contributed by atoms with Crippen molar-refractivity contribution in [1.82, 2.24) is 19.3 Å². The van der Waals surface area contributed by atoms with Crippen LogP contribution in [0.3, 0.4) is 0 Å². The summed E-state index contributed by atoms with van der Waals surface area (Å²) >= 11 is 2.93. The molecule has 3 rings (SSSR count). The van der Waals surface area contributed by atoms with E-state index in [1.165, 1.54) is 28.5 Å². The molecule has 11 heteroatoms. The number of methoxy groups -OCH3 is 2. The molecular weight excluding hydrogens is 482 g/mol. The van der Waals surface area contributed by atoms with Crippen molar-refractivity contribution in [2.24, 2.45) is 0 Å². The van der Waals surface area contributed by atoms with E-state index in [-0.39, 0.29) is 17.8 Å². The Morgan fingerprint density at radius 2 is 1.85 bits per heavy atom. The molecule has 2 aromatic heterocycles. The zero-order chi connectivity index (χ0) is 24.5. The Balaban J connectivity index is 1.88. The van der Waals surface area contributed by atoms with Gasteiger partial charge in [0.15, 0.2) is 16.7 Å². The lowest BCUT2D eigenvalue weighted by Crippen LogP contribution is -2.19. The van der Waals surface area contributed by atoms with Crippen LogP contribution in [0.4, 0.5) is 8.78 Å². The molecule has 0 amide bonds. The normalized spacial score (nSPS) is 11.1. The van der Waals surface area contributed by atoms with Crippen molar-refractivity contribution in [3.63, 3.8) is 0 Å². The Labute approximate surface area is 205 Å². The minimum atomic E-state index is -2.72. The van der Waals surface area contributed by atoms with E-state index in [0.717, 1.165) is 17.7 Å². The standard InChI is InChI=1S/C23H26F2N4O3S2/c1-26-34-10-4-9-33-23-27-17(12-18(28-23)22(24)25)16-6-8-21(30)29(14-16)13-15-5-7-19(31-2)20(11-15)32-3/h5-8,11-12,14,22,26H,4,9-10,13H2,1-3H3. The fourth-order valence-corrected chi connectivity index (χ4v) is 4.63. The van der Waals surface area contributed by atoms with Gasteiger partial charge in [-0.3, -0.25) is 9.52 Å². The zero-order valence-corrected chi connectivity index (χ0v) is 20.7. The molecule has 3 aromatic rings. The van der Waals surface area contributed by atoms with Crippen molar-refractivity contribution in [3.8, 4) is 22.8 Å². The van der Waals surface area contributed by atoms with Crippen molar-refractivity contribution >= 4 is 23.7 Å². The van der Waals surface area contributed by atoms with Crippen LogP contribution in [0, 0.1) is 0 Å². The van der Waals surface area contributed by atoms with Crippen LogP contribution in [-0.4, -0.2) is 47.3 Å². The lowest BCUT2D eigenvalue weighted by Gasteiger charge is -2.12. The van der Waals surface area contributed by atoms with Gasteiger partial charge in [0.2, 0.25) is 0 Å². The average Bonchev–Trinajstić information content (AvgIpc) is 2.85. The quantitative estimate of drug-likeness (QED) is 0.164. The second kappa shape index (κ2) is 12.7. The van der Waals surface area contributed by atoms with E-state index in [1.54, 1.807) is 50.6 Å². The van der Waals surface area contributed by atoms with E-state index in [0.29, 0.717) is 33.7 Å². The first-order chi connectivity index (χ1) is 16.4. The van der Waals surface area contributed by atoms with E-state index in [1.807, 2.05) is 13.1 Å². The van der Waals surface area contributed by atoms with E-state index < -0.39 is 6.43 Å². The molecule has 7 nitrogen and oxygen atoms in total. The second-order valence-electron chi connectivity index (χ2n) is 7.09. The summed E-state index contributed by atoms with van der Waals surface area (Å²) < 4.78 is 42.1. The third-order valence-electron chi connectivity index (χ3n) is 4.80. The highest BCUT2D eigenvalue weighted by atomic mass is 32.2. The fraction of sp³-hybridized carbons (Fsp3) is 0.348. The molecule has 182 valence electrons. The van der Waals surface area contributed by atoms with Crippen LogP contribution in [0.15, 0.2) is 52.5 Å².